The maximum atomic E-state index is 12.6. The van der Waals surface area contributed by atoms with Gasteiger partial charge in [-0.05, 0) is 24.5 Å². The van der Waals surface area contributed by atoms with Gasteiger partial charge in [0.1, 0.15) is 5.60 Å². The number of carbonyl (C=O) groups is 1. The highest BCUT2D eigenvalue weighted by Crippen LogP contribution is 2.33. The second-order valence-electron chi connectivity index (χ2n) is 7.02. The van der Waals surface area contributed by atoms with E-state index in [1.807, 2.05) is 55.5 Å². The number of aliphatic hydroxyl groups is 1. The Labute approximate surface area is 166 Å². The standard InChI is InChI=1S/C22H28N2O4/c1-3-14-28-20-17(8-7-11-19(20)27-2)15-23-21(25)24-13-12-22(26,16-24)18-9-5-4-6-10-18/h4-11,26H,3,12-16H2,1-2H3,(H,23,25)/t22-/m1/s1. The van der Waals surface area contributed by atoms with Crippen LogP contribution in [0.2, 0.25) is 0 Å². The first-order valence-electron chi connectivity index (χ1n) is 9.66. The van der Waals surface area contributed by atoms with Crippen molar-refractivity contribution in [2.24, 2.45) is 0 Å². The Morgan fingerprint density at radius 1 is 1.21 bits per heavy atom. The molecule has 0 saturated carbocycles. The smallest absolute Gasteiger partial charge is 0.317 e. The van der Waals surface area contributed by atoms with Gasteiger partial charge in [0.25, 0.3) is 0 Å². The van der Waals surface area contributed by atoms with Gasteiger partial charge >= 0.3 is 6.03 Å². The largest absolute Gasteiger partial charge is 0.493 e. The van der Waals surface area contributed by atoms with Crippen molar-refractivity contribution in [2.75, 3.05) is 26.8 Å². The third-order valence-electron chi connectivity index (χ3n) is 5.01. The minimum atomic E-state index is -0.996. The number of urea groups is 1. The van der Waals surface area contributed by atoms with Gasteiger partial charge in [-0.2, -0.15) is 0 Å². The highest BCUT2D eigenvalue weighted by atomic mass is 16.5. The summed E-state index contributed by atoms with van der Waals surface area (Å²) in [5.41, 5.74) is 0.705. The summed E-state index contributed by atoms with van der Waals surface area (Å²) in [7, 11) is 1.60. The summed E-state index contributed by atoms with van der Waals surface area (Å²) >= 11 is 0. The van der Waals surface area contributed by atoms with E-state index in [0.29, 0.717) is 37.6 Å². The predicted molar refractivity (Wildman–Crippen MR) is 108 cm³/mol. The van der Waals surface area contributed by atoms with Crippen molar-refractivity contribution < 1.29 is 19.4 Å². The maximum Gasteiger partial charge on any atom is 0.317 e. The maximum absolute atomic E-state index is 12.6. The Hall–Kier alpha value is -2.73. The first-order valence-corrected chi connectivity index (χ1v) is 9.66. The molecule has 1 heterocycles. The van der Waals surface area contributed by atoms with Gasteiger partial charge in [0, 0.05) is 18.7 Å². The van der Waals surface area contributed by atoms with Crippen LogP contribution in [0.5, 0.6) is 11.5 Å². The van der Waals surface area contributed by atoms with Gasteiger partial charge in [-0.1, -0.05) is 49.4 Å². The highest BCUT2D eigenvalue weighted by molar-refractivity contribution is 5.75. The molecule has 0 bridgehead atoms. The Balaban J connectivity index is 1.64. The number of ether oxygens (including phenoxy) is 2. The third-order valence-corrected chi connectivity index (χ3v) is 5.01. The summed E-state index contributed by atoms with van der Waals surface area (Å²) in [6, 6.07) is 14.9. The second-order valence-corrected chi connectivity index (χ2v) is 7.02. The lowest BCUT2D eigenvalue weighted by molar-refractivity contribution is 0.0494. The molecule has 6 heteroatoms. The van der Waals surface area contributed by atoms with Crippen LogP contribution < -0.4 is 14.8 Å². The molecule has 0 spiro atoms. The van der Waals surface area contributed by atoms with E-state index in [4.69, 9.17) is 9.47 Å². The van der Waals surface area contributed by atoms with E-state index in [1.165, 1.54) is 0 Å². The van der Waals surface area contributed by atoms with Crippen LogP contribution in [0, 0.1) is 0 Å². The summed E-state index contributed by atoms with van der Waals surface area (Å²) in [6.07, 6.45) is 1.41. The quantitative estimate of drug-likeness (QED) is 0.769. The zero-order valence-corrected chi connectivity index (χ0v) is 16.5. The molecule has 2 amide bonds. The summed E-state index contributed by atoms with van der Waals surface area (Å²) in [5, 5.41) is 13.9. The van der Waals surface area contributed by atoms with Crippen molar-refractivity contribution in [1.29, 1.82) is 0 Å². The predicted octanol–water partition coefficient (Wildman–Crippen LogP) is 3.29. The van der Waals surface area contributed by atoms with Gasteiger partial charge in [-0.25, -0.2) is 4.79 Å². The van der Waals surface area contributed by atoms with Gasteiger partial charge in [0.05, 0.1) is 20.3 Å². The zero-order chi connectivity index (χ0) is 20.0. The van der Waals surface area contributed by atoms with Crippen molar-refractivity contribution in [3.8, 4) is 11.5 Å². The van der Waals surface area contributed by atoms with Crippen LogP contribution in [0.25, 0.3) is 0 Å². The number of para-hydroxylation sites is 1. The molecule has 2 aromatic carbocycles. The van der Waals surface area contributed by atoms with Crippen LogP contribution in [0.3, 0.4) is 0 Å². The second kappa shape index (κ2) is 8.97. The fourth-order valence-corrected chi connectivity index (χ4v) is 3.46. The Bertz CT molecular complexity index is 796. The molecule has 0 unspecified atom stereocenters. The van der Waals surface area contributed by atoms with Gasteiger partial charge in [-0.15, -0.1) is 0 Å². The minimum absolute atomic E-state index is 0.198. The van der Waals surface area contributed by atoms with Gasteiger partial charge in [-0.3, -0.25) is 0 Å². The number of amides is 2. The van der Waals surface area contributed by atoms with Crippen LogP contribution in [0.4, 0.5) is 4.79 Å². The van der Waals surface area contributed by atoms with E-state index in [1.54, 1.807) is 12.0 Å². The molecule has 2 aromatic rings. The summed E-state index contributed by atoms with van der Waals surface area (Å²) in [6.45, 7) is 3.74. The van der Waals surface area contributed by atoms with Gasteiger partial charge in [0.15, 0.2) is 11.5 Å². The summed E-state index contributed by atoms with van der Waals surface area (Å²) in [4.78, 5) is 14.3. The van der Waals surface area contributed by atoms with Crippen LogP contribution >= 0.6 is 0 Å². The molecule has 150 valence electrons. The van der Waals surface area contributed by atoms with Gasteiger partial charge in [0.2, 0.25) is 0 Å². The lowest BCUT2D eigenvalue weighted by Gasteiger charge is -2.24. The molecule has 1 saturated heterocycles. The molecular formula is C22H28N2O4. The molecule has 1 aliphatic heterocycles. The molecule has 0 aliphatic carbocycles. The van der Waals surface area contributed by atoms with Crippen molar-refractivity contribution in [3.63, 3.8) is 0 Å². The fraction of sp³-hybridized carbons (Fsp3) is 0.409. The molecule has 1 aliphatic rings. The summed E-state index contributed by atoms with van der Waals surface area (Å²) in [5.74, 6) is 1.31. The van der Waals surface area contributed by atoms with Crippen molar-refractivity contribution >= 4 is 6.03 Å². The van der Waals surface area contributed by atoms with Crippen LogP contribution in [-0.4, -0.2) is 42.8 Å². The number of benzene rings is 2. The number of rotatable bonds is 7. The molecular weight excluding hydrogens is 356 g/mol. The molecule has 6 nitrogen and oxygen atoms in total. The number of nitrogens with one attached hydrogen (secondary N) is 1. The molecule has 0 radical (unpaired) electrons. The number of β-amino-alcohol motifs (C(OH)–C–C–N with tert-alkyl or cyclic N) is 1. The molecule has 1 fully saturated rings. The topological polar surface area (TPSA) is 71.0 Å². The zero-order valence-electron chi connectivity index (χ0n) is 16.5. The normalized spacial score (nSPS) is 18.8. The van der Waals surface area contributed by atoms with E-state index in [9.17, 15) is 9.90 Å². The monoisotopic (exact) mass is 384 g/mol. The van der Waals surface area contributed by atoms with Crippen molar-refractivity contribution in [2.45, 2.75) is 31.9 Å². The highest BCUT2D eigenvalue weighted by Gasteiger charge is 2.39. The fourth-order valence-electron chi connectivity index (χ4n) is 3.46. The van der Waals surface area contributed by atoms with E-state index in [2.05, 4.69) is 5.32 Å². The van der Waals surface area contributed by atoms with E-state index < -0.39 is 5.60 Å². The van der Waals surface area contributed by atoms with E-state index in [0.717, 1.165) is 17.5 Å². The number of carbonyl (C=O) groups excluding carboxylic acids is 1. The number of methoxy groups -OCH3 is 1. The number of hydrogen-bond acceptors (Lipinski definition) is 4. The van der Waals surface area contributed by atoms with Crippen LogP contribution in [0.1, 0.15) is 30.9 Å². The first-order chi connectivity index (χ1) is 13.6. The molecule has 2 N–H and O–H groups in total. The minimum Gasteiger partial charge on any atom is -0.493 e. The summed E-state index contributed by atoms with van der Waals surface area (Å²) < 4.78 is 11.2. The lowest BCUT2D eigenvalue weighted by Crippen LogP contribution is -2.40. The molecule has 3 rings (SSSR count). The Morgan fingerprint density at radius 2 is 2.00 bits per heavy atom. The van der Waals surface area contributed by atoms with Crippen LogP contribution in [0.15, 0.2) is 48.5 Å². The Kier molecular flexibility index (Phi) is 6.41. The average molecular weight is 384 g/mol. The molecule has 28 heavy (non-hydrogen) atoms. The number of nitrogens with zero attached hydrogens (tertiary/aromatic N) is 1. The van der Waals surface area contributed by atoms with Crippen molar-refractivity contribution in [1.82, 2.24) is 10.2 Å². The van der Waals surface area contributed by atoms with Crippen molar-refractivity contribution in [3.05, 3.63) is 59.7 Å². The average Bonchev–Trinajstić information content (AvgIpc) is 3.14. The third kappa shape index (κ3) is 4.39. The van der Waals surface area contributed by atoms with Crippen LogP contribution in [-0.2, 0) is 12.1 Å². The number of hydrogen-bond donors (Lipinski definition) is 2. The number of likely N-dealkylation sites (tertiary alicyclic amines) is 1. The Morgan fingerprint density at radius 3 is 2.71 bits per heavy atom. The lowest BCUT2D eigenvalue weighted by atomic mass is 9.93. The molecule has 1 atom stereocenters. The van der Waals surface area contributed by atoms with E-state index in [-0.39, 0.29) is 12.6 Å². The molecule has 0 aromatic heterocycles. The first kappa shape index (κ1) is 20.0. The SMILES string of the molecule is CCCOc1c(CNC(=O)N2CC[C@](O)(c3ccccc3)C2)cccc1OC. The van der Waals surface area contributed by atoms with Gasteiger partial charge < -0.3 is 24.8 Å². The van der Waals surface area contributed by atoms with E-state index >= 15 is 0 Å².